The first-order chi connectivity index (χ1) is 8.66. The lowest BCUT2D eigenvalue weighted by Gasteiger charge is -2.12. The number of thiophene rings is 1. The number of carbonyl (C=O) groups is 1. The zero-order valence-corrected chi connectivity index (χ0v) is 11.4. The molecule has 0 aliphatic heterocycles. The largest absolute Gasteiger partial charge is 0.480 e. The van der Waals surface area contributed by atoms with Crippen molar-refractivity contribution in [2.24, 2.45) is 0 Å². The molecule has 2 N–H and O–H groups in total. The average Bonchev–Trinajstić information content (AvgIpc) is 2.96. The summed E-state index contributed by atoms with van der Waals surface area (Å²) in [5.41, 5.74) is 1.90. The van der Waals surface area contributed by atoms with Crippen LogP contribution in [-0.2, 0) is 17.8 Å². The minimum atomic E-state index is -0.864. The van der Waals surface area contributed by atoms with E-state index < -0.39 is 12.0 Å². The van der Waals surface area contributed by atoms with Crippen LogP contribution >= 0.6 is 23.1 Å². The van der Waals surface area contributed by atoms with E-state index in [1.807, 2.05) is 18.4 Å². The Morgan fingerprint density at radius 2 is 2.44 bits per heavy atom. The van der Waals surface area contributed by atoms with Gasteiger partial charge in [-0.1, -0.05) is 0 Å². The number of aromatic nitrogens is 2. The molecular formula is C11H13N3O2S2. The Bertz CT molecular complexity index is 510. The van der Waals surface area contributed by atoms with E-state index in [4.69, 9.17) is 5.11 Å². The van der Waals surface area contributed by atoms with Crippen LogP contribution in [-0.4, -0.2) is 25.9 Å². The molecule has 1 unspecified atom stereocenters. The zero-order chi connectivity index (χ0) is 13.0. The minimum Gasteiger partial charge on any atom is -0.480 e. The highest BCUT2D eigenvalue weighted by atomic mass is 32.1. The van der Waals surface area contributed by atoms with Gasteiger partial charge in [0.2, 0.25) is 0 Å². The van der Waals surface area contributed by atoms with Gasteiger partial charge in [0, 0.05) is 17.8 Å². The minimum absolute atomic E-state index is 0.357. The van der Waals surface area contributed by atoms with Gasteiger partial charge in [0.1, 0.15) is 6.04 Å². The number of aliphatic carboxylic acids is 1. The highest BCUT2D eigenvalue weighted by Crippen LogP contribution is 2.15. The summed E-state index contributed by atoms with van der Waals surface area (Å²) in [7, 11) is 0. The summed E-state index contributed by atoms with van der Waals surface area (Å²) in [5.74, 6) is -0.864. The van der Waals surface area contributed by atoms with Gasteiger partial charge in [-0.25, -0.2) is 0 Å². The van der Waals surface area contributed by atoms with E-state index in [9.17, 15) is 4.79 Å². The van der Waals surface area contributed by atoms with Crippen molar-refractivity contribution in [3.63, 3.8) is 0 Å². The molecule has 2 aromatic rings. The van der Waals surface area contributed by atoms with E-state index in [-0.39, 0.29) is 0 Å². The summed E-state index contributed by atoms with van der Waals surface area (Å²) >= 11 is 2.72. The second kappa shape index (κ2) is 6.03. The fraction of sp³-hybridized carbons (Fsp3) is 0.364. The first kappa shape index (κ1) is 13.1. The molecule has 0 aliphatic carbocycles. The molecule has 2 heterocycles. The Morgan fingerprint density at radius 3 is 3.00 bits per heavy atom. The van der Waals surface area contributed by atoms with Crippen LogP contribution in [0.15, 0.2) is 17.6 Å². The zero-order valence-electron chi connectivity index (χ0n) is 9.79. The quantitative estimate of drug-likeness (QED) is 0.844. The molecule has 5 nitrogen and oxygen atoms in total. The Labute approximate surface area is 113 Å². The maximum Gasteiger partial charge on any atom is 0.321 e. The molecule has 0 fully saturated rings. The molecule has 0 aromatic carbocycles. The standard InChI is InChI=1S/C11H13N3O2S2/c1-7-2-3-17-10(7)6-12-9(11(15)16)4-8-5-13-18-14-8/h2-3,5,9,12H,4,6H2,1H3,(H,15,16). The summed E-state index contributed by atoms with van der Waals surface area (Å²) in [5, 5.41) is 14.2. The van der Waals surface area contributed by atoms with E-state index >= 15 is 0 Å². The van der Waals surface area contributed by atoms with Crippen molar-refractivity contribution in [2.45, 2.75) is 25.9 Å². The predicted octanol–water partition coefficient (Wildman–Crippen LogP) is 1.69. The van der Waals surface area contributed by atoms with Crippen molar-refractivity contribution < 1.29 is 9.90 Å². The van der Waals surface area contributed by atoms with Crippen LogP contribution in [0.1, 0.15) is 16.1 Å². The molecule has 0 amide bonds. The van der Waals surface area contributed by atoms with E-state index in [0.717, 1.165) is 16.6 Å². The summed E-state index contributed by atoms with van der Waals surface area (Å²) < 4.78 is 7.90. The van der Waals surface area contributed by atoms with Crippen LogP contribution in [0.25, 0.3) is 0 Å². The van der Waals surface area contributed by atoms with Crippen LogP contribution in [0, 0.1) is 6.92 Å². The molecular weight excluding hydrogens is 270 g/mol. The molecule has 1 atom stereocenters. The number of nitrogens with zero attached hydrogens (tertiary/aromatic N) is 2. The smallest absolute Gasteiger partial charge is 0.321 e. The average molecular weight is 283 g/mol. The molecule has 0 radical (unpaired) electrons. The number of carboxylic acids is 1. The molecule has 0 saturated carbocycles. The molecule has 0 saturated heterocycles. The van der Waals surface area contributed by atoms with Crippen LogP contribution in [0.2, 0.25) is 0 Å². The van der Waals surface area contributed by atoms with E-state index in [1.165, 1.54) is 5.56 Å². The van der Waals surface area contributed by atoms with Gasteiger partial charge in [-0.3, -0.25) is 10.1 Å². The third-order valence-corrected chi connectivity index (χ3v) is 4.13. The Balaban J connectivity index is 1.95. The molecule has 18 heavy (non-hydrogen) atoms. The van der Waals surface area contributed by atoms with Gasteiger partial charge < -0.3 is 5.11 Å². The lowest BCUT2D eigenvalue weighted by Crippen LogP contribution is -2.38. The number of nitrogens with one attached hydrogen (secondary N) is 1. The van der Waals surface area contributed by atoms with Gasteiger partial charge >= 0.3 is 5.97 Å². The van der Waals surface area contributed by atoms with Gasteiger partial charge in [0.05, 0.1) is 23.6 Å². The number of hydrogen-bond acceptors (Lipinski definition) is 6. The fourth-order valence-corrected chi connectivity index (χ4v) is 2.83. The van der Waals surface area contributed by atoms with Crippen molar-refractivity contribution in [2.75, 3.05) is 0 Å². The van der Waals surface area contributed by atoms with Crippen LogP contribution in [0.3, 0.4) is 0 Å². The van der Waals surface area contributed by atoms with Gasteiger partial charge in [0.15, 0.2) is 0 Å². The second-order valence-electron chi connectivity index (χ2n) is 3.90. The lowest BCUT2D eigenvalue weighted by atomic mass is 10.1. The molecule has 2 aromatic heterocycles. The van der Waals surface area contributed by atoms with E-state index in [0.29, 0.717) is 18.7 Å². The van der Waals surface area contributed by atoms with Crippen LogP contribution in [0.4, 0.5) is 0 Å². The predicted molar refractivity (Wildman–Crippen MR) is 70.9 cm³/mol. The molecule has 0 bridgehead atoms. The van der Waals surface area contributed by atoms with Crippen LogP contribution in [0.5, 0.6) is 0 Å². The topological polar surface area (TPSA) is 75.1 Å². The summed E-state index contributed by atoms with van der Waals surface area (Å²) in [6, 6.07) is 1.40. The summed E-state index contributed by atoms with van der Waals surface area (Å²) in [6.45, 7) is 2.59. The van der Waals surface area contributed by atoms with Crippen molar-refractivity contribution in [1.29, 1.82) is 0 Å². The van der Waals surface area contributed by atoms with Crippen molar-refractivity contribution in [3.05, 3.63) is 33.8 Å². The maximum absolute atomic E-state index is 11.2. The fourth-order valence-electron chi connectivity index (χ4n) is 1.53. The maximum atomic E-state index is 11.2. The lowest BCUT2D eigenvalue weighted by molar-refractivity contribution is -0.139. The second-order valence-corrected chi connectivity index (χ2v) is 5.46. The first-order valence-electron chi connectivity index (χ1n) is 5.42. The molecule has 2 rings (SSSR count). The molecule has 0 aliphatic rings. The SMILES string of the molecule is Cc1ccsc1CNC(Cc1cnsn1)C(=O)O. The highest BCUT2D eigenvalue weighted by Gasteiger charge is 2.19. The first-order valence-corrected chi connectivity index (χ1v) is 7.03. The number of rotatable bonds is 6. The summed E-state index contributed by atoms with van der Waals surface area (Å²) in [4.78, 5) is 12.3. The van der Waals surface area contributed by atoms with Crippen molar-refractivity contribution in [1.82, 2.24) is 14.1 Å². The third kappa shape index (κ3) is 3.34. The third-order valence-electron chi connectivity index (χ3n) is 2.60. The summed E-state index contributed by atoms with van der Waals surface area (Å²) in [6.07, 6.45) is 1.97. The highest BCUT2D eigenvalue weighted by molar-refractivity contribution is 7.10. The van der Waals surface area contributed by atoms with Crippen molar-refractivity contribution >= 4 is 29.0 Å². The molecule has 0 spiro atoms. The van der Waals surface area contributed by atoms with E-state index in [1.54, 1.807) is 17.5 Å². The Morgan fingerprint density at radius 1 is 1.61 bits per heavy atom. The van der Waals surface area contributed by atoms with Gasteiger partial charge in [-0.05, 0) is 23.9 Å². The number of hydrogen-bond donors (Lipinski definition) is 2. The van der Waals surface area contributed by atoms with Crippen molar-refractivity contribution in [3.8, 4) is 0 Å². The van der Waals surface area contributed by atoms with Gasteiger partial charge in [0.25, 0.3) is 0 Å². The monoisotopic (exact) mass is 283 g/mol. The van der Waals surface area contributed by atoms with E-state index in [2.05, 4.69) is 14.1 Å². The van der Waals surface area contributed by atoms with Gasteiger partial charge in [-0.15, -0.1) is 11.3 Å². The normalized spacial score (nSPS) is 12.5. The Hall–Kier alpha value is -1.31. The van der Waals surface area contributed by atoms with Gasteiger partial charge in [-0.2, -0.15) is 8.75 Å². The number of aryl methyl sites for hydroxylation is 1. The molecule has 7 heteroatoms. The number of carboxylic acid groups (broad SMARTS) is 1. The Kier molecular flexibility index (Phi) is 4.40. The van der Waals surface area contributed by atoms with Crippen LogP contribution < -0.4 is 5.32 Å². The molecule has 96 valence electrons.